The predicted molar refractivity (Wildman–Crippen MR) is 97.1 cm³/mol. The third-order valence-electron chi connectivity index (χ3n) is 3.57. The molecule has 0 spiro atoms. The fraction of sp³-hybridized carbons (Fsp3) is 0.222. The van der Waals surface area contributed by atoms with E-state index in [1.165, 1.54) is 11.3 Å². The molecule has 25 heavy (non-hydrogen) atoms. The van der Waals surface area contributed by atoms with E-state index in [0.717, 1.165) is 27.4 Å². The molecule has 0 saturated heterocycles. The molecule has 0 saturated carbocycles. The molecule has 0 fully saturated rings. The molecule has 6 nitrogen and oxygen atoms in total. The Morgan fingerprint density at radius 1 is 1.20 bits per heavy atom. The minimum absolute atomic E-state index is 0.207. The van der Waals surface area contributed by atoms with Gasteiger partial charge in [-0.25, -0.2) is 0 Å². The molecule has 3 aromatic rings. The van der Waals surface area contributed by atoms with Crippen molar-refractivity contribution in [1.82, 2.24) is 15.2 Å². The molecule has 2 aromatic heterocycles. The highest BCUT2D eigenvalue weighted by atomic mass is 32.1. The summed E-state index contributed by atoms with van der Waals surface area (Å²) in [7, 11) is 0. The summed E-state index contributed by atoms with van der Waals surface area (Å²) in [6.07, 6.45) is 3.50. The molecule has 1 aromatic carbocycles. The molecule has 0 radical (unpaired) electrons. The summed E-state index contributed by atoms with van der Waals surface area (Å²) >= 11 is 1.34. The van der Waals surface area contributed by atoms with Gasteiger partial charge in [0.15, 0.2) is 0 Å². The van der Waals surface area contributed by atoms with Crippen LogP contribution in [-0.2, 0) is 6.61 Å². The first-order valence-corrected chi connectivity index (χ1v) is 8.59. The van der Waals surface area contributed by atoms with Crippen LogP contribution in [0.5, 0.6) is 5.75 Å². The van der Waals surface area contributed by atoms with Gasteiger partial charge in [0, 0.05) is 23.5 Å². The van der Waals surface area contributed by atoms with Crippen LogP contribution < -0.4 is 10.1 Å². The van der Waals surface area contributed by atoms with Crippen LogP contribution in [0.25, 0.3) is 0 Å². The Bertz CT molecular complexity index is 870. The Morgan fingerprint density at radius 2 is 1.96 bits per heavy atom. The molecule has 7 heteroatoms. The third-order valence-corrected chi connectivity index (χ3v) is 4.33. The van der Waals surface area contributed by atoms with Crippen LogP contribution >= 0.6 is 11.3 Å². The molecular formula is C18H18N4O2S. The first-order valence-electron chi connectivity index (χ1n) is 7.77. The minimum Gasteiger partial charge on any atom is -0.488 e. The number of anilines is 1. The zero-order chi connectivity index (χ0) is 17.8. The van der Waals surface area contributed by atoms with Crippen LogP contribution in [0.1, 0.15) is 32.1 Å². The van der Waals surface area contributed by atoms with Crippen molar-refractivity contribution in [3.63, 3.8) is 0 Å². The number of carbonyl (C=O) groups excluding carboxylic acids is 1. The fourth-order valence-electron chi connectivity index (χ4n) is 2.46. The molecule has 128 valence electrons. The van der Waals surface area contributed by atoms with Crippen LogP contribution in [-0.4, -0.2) is 21.1 Å². The lowest BCUT2D eigenvalue weighted by atomic mass is 10.1. The molecule has 1 N–H and O–H groups in total. The quantitative estimate of drug-likeness (QED) is 0.756. The Hall–Kier alpha value is -2.80. The molecule has 0 unspecified atom stereocenters. The van der Waals surface area contributed by atoms with E-state index in [2.05, 4.69) is 20.5 Å². The number of benzene rings is 1. The highest BCUT2D eigenvalue weighted by Gasteiger charge is 2.13. The van der Waals surface area contributed by atoms with Crippen molar-refractivity contribution in [2.45, 2.75) is 27.4 Å². The number of nitrogens with zero attached hydrogens (tertiary/aromatic N) is 3. The standard InChI is InChI=1S/C18H18N4O2S/c1-11-7-15(17(23)20-18-22-21-13(3)25-18)8-12(2)16(11)24-10-14-5-4-6-19-9-14/h4-9H,10H2,1-3H3,(H,20,22,23). The van der Waals surface area contributed by atoms with Gasteiger partial charge in [-0.2, -0.15) is 0 Å². The number of rotatable bonds is 5. The second-order valence-corrected chi connectivity index (χ2v) is 6.85. The van der Waals surface area contributed by atoms with Crippen LogP contribution in [0.3, 0.4) is 0 Å². The molecule has 0 atom stereocenters. The van der Waals surface area contributed by atoms with E-state index in [-0.39, 0.29) is 5.91 Å². The Kier molecular flexibility index (Phi) is 5.04. The number of hydrogen-bond acceptors (Lipinski definition) is 6. The second kappa shape index (κ2) is 7.40. The number of hydrogen-bond donors (Lipinski definition) is 1. The average Bonchev–Trinajstić information content (AvgIpc) is 2.99. The van der Waals surface area contributed by atoms with Crippen molar-refractivity contribution in [3.8, 4) is 5.75 Å². The summed E-state index contributed by atoms with van der Waals surface area (Å²) in [6.45, 7) is 6.13. The lowest BCUT2D eigenvalue weighted by molar-refractivity contribution is 0.102. The first kappa shape index (κ1) is 17.0. The van der Waals surface area contributed by atoms with Crippen molar-refractivity contribution in [1.29, 1.82) is 0 Å². The van der Waals surface area contributed by atoms with Gasteiger partial charge < -0.3 is 4.74 Å². The van der Waals surface area contributed by atoms with Crippen molar-refractivity contribution in [2.24, 2.45) is 0 Å². The van der Waals surface area contributed by atoms with E-state index in [0.29, 0.717) is 17.3 Å². The maximum atomic E-state index is 12.4. The summed E-state index contributed by atoms with van der Waals surface area (Å²) < 4.78 is 5.92. The molecule has 2 heterocycles. The number of aryl methyl sites for hydroxylation is 3. The molecule has 0 aliphatic heterocycles. The summed E-state index contributed by atoms with van der Waals surface area (Å²) in [4.78, 5) is 16.5. The number of pyridine rings is 1. The molecule has 1 amide bonds. The molecule has 0 aliphatic carbocycles. The lowest BCUT2D eigenvalue weighted by Gasteiger charge is -2.14. The van der Waals surface area contributed by atoms with Crippen LogP contribution in [0.15, 0.2) is 36.7 Å². The third kappa shape index (κ3) is 4.19. The van der Waals surface area contributed by atoms with E-state index in [1.807, 2.05) is 45.0 Å². The van der Waals surface area contributed by atoms with Crippen LogP contribution in [0.2, 0.25) is 0 Å². The van der Waals surface area contributed by atoms with Crippen LogP contribution in [0, 0.1) is 20.8 Å². The van der Waals surface area contributed by atoms with E-state index in [9.17, 15) is 4.79 Å². The number of ether oxygens (including phenoxy) is 1. The highest BCUT2D eigenvalue weighted by Crippen LogP contribution is 2.26. The SMILES string of the molecule is Cc1nnc(NC(=O)c2cc(C)c(OCc3cccnc3)c(C)c2)s1. The normalized spacial score (nSPS) is 10.5. The second-order valence-electron chi connectivity index (χ2n) is 5.67. The fourth-order valence-corrected chi connectivity index (χ4v) is 3.05. The largest absolute Gasteiger partial charge is 0.488 e. The molecule has 3 rings (SSSR count). The maximum absolute atomic E-state index is 12.4. The van der Waals surface area contributed by atoms with Gasteiger partial charge in [-0.05, 0) is 50.1 Å². The van der Waals surface area contributed by atoms with Gasteiger partial charge in [-0.1, -0.05) is 17.4 Å². The number of nitrogens with one attached hydrogen (secondary N) is 1. The van der Waals surface area contributed by atoms with Crippen molar-refractivity contribution in [3.05, 3.63) is 63.9 Å². The number of amides is 1. The van der Waals surface area contributed by atoms with Crippen LogP contribution in [0.4, 0.5) is 5.13 Å². The molecule has 0 aliphatic rings. The minimum atomic E-state index is -0.207. The van der Waals surface area contributed by atoms with Gasteiger partial charge in [0.25, 0.3) is 5.91 Å². The van der Waals surface area contributed by atoms with Crippen molar-refractivity contribution < 1.29 is 9.53 Å². The first-order chi connectivity index (χ1) is 12.0. The molecular weight excluding hydrogens is 336 g/mol. The van der Waals surface area contributed by atoms with Gasteiger partial charge >= 0.3 is 0 Å². The summed E-state index contributed by atoms with van der Waals surface area (Å²) in [5.74, 6) is 0.577. The zero-order valence-electron chi connectivity index (χ0n) is 14.2. The van der Waals surface area contributed by atoms with E-state index in [4.69, 9.17) is 4.74 Å². The summed E-state index contributed by atoms with van der Waals surface area (Å²) in [5, 5.41) is 11.9. The average molecular weight is 354 g/mol. The lowest BCUT2D eigenvalue weighted by Crippen LogP contribution is -2.12. The van der Waals surface area contributed by atoms with E-state index >= 15 is 0 Å². The van der Waals surface area contributed by atoms with Gasteiger partial charge in [-0.3, -0.25) is 15.1 Å². The zero-order valence-corrected chi connectivity index (χ0v) is 15.1. The molecule has 0 bridgehead atoms. The summed E-state index contributed by atoms with van der Waals surface area (Å²) in [5.41, 5.74) is 3.37. The van der Waals surface area contributed by atoms with Gasteiger partial charge in [-0.15, -0.1) is 10.2 Å². The monoisotopic (exact) mass is 354 g/mol. The Morgan fingerprint density at radius 3 is 2.56 bits per heavy atom. The Labute approximate surface area is 149 Å². The number of aromatic nitrogens is 3. The maximum Gasteiger partial charge on any atom is 0.257 e. The van der Waals surface area contributed by atoms with Gasteiger partial charge in [0.2, 0.25) is 5.13 Å². The van der Waals surface area contributed by atoms with E-state index in [1.54, 1.807) is 12.4 Å². The van der Waals surface area contributed by atoms with Gasteiger partial charge in [0.05, 0.1) is 0 Å². The smallest absolute Gasteiger partial charge is 0.257 e. The van der Waals surface area contributed by atoms with E-state index < -0.39 is 0 Å². The Balaban J connectivity index is 1.74. The summed E-state index contributed by atoms with van der Waals surface area (Å²) in [6, 6.07) is 7.47. The van der Waals surface area contributed by atoms with Gasteiger partial charge in [0.1, 0.15) is 17.4 Å². The number of carbonyl (C=O) groups is 1. The highest BCUT2D eigenvalue weighted by molar-refractivity contribution is 7.15. The van der Waals surface area contributed by atoms with Crippen molar-refractivity contribution >= 4 is 22.4 Å². The topological polar surface area (TPSA) is 77.0 Å². The predicted octanol–water partition coefficient (Wildman–Crippen LogP) is 3.69. The van der Waals surface area contributed by atoms with Crippen molar-refractivity contribution in [2.75, 3.05) is 5.32 Å².